The maximum atomic E-state index is 11.5. The summed E-state index contributed by atoms with van der Waals surface area (Å²) in [7, 11) is 1.22. The van der Waals surface area contributed by atoms with Crippen molar-refractivity contribution in [3.8, 4) is 0 Å². The van der Waals surface area contributed by atoms with E-state index >= 15 is 0 Å². The monoisotopic (exact) mass is 286 g/mol. The van der Waals surface area contributed by atoms with Crippen molar-refractivity contribution in [2.45, 2.75) is 12.6 Å². The molecule has 0 saturated heterocycles. The minimum atomic E-state index is -0.897. The third kappa shape index (κ3) is 5.58. The summed E-state index contributed by atoms with van der Waals surface area (Å²) in [6, 6.07) is 8.29. The number of benzene rings is 1. The van der Waals surface area contributed by atoms with Crippen molar-refractivity contribution < 1.29 is 19.1 Å². The van der Waals surface area contributed by atoms with Crippen molar-refractivity contribution in [1.29, 1.82) is 0 Å². The fourth-order valence-electron chi connectivity index (χ4n) is 1.32. The predicted molar refractivity (Wildman–Crippen MR) is 69.4 cm³/mol. The molecule has 1 amide bonds. The molecular formula is C12H15ClN2O4. The normalized spacial score (nSPS) is 11.5. The Kier molecular flexibility index (Phi) is 6.70. The summed E-state index contributed by atoms with van der Waals surface area (Å²) in [6.07, 6.45) is -0.717. The molecule has 104 valence electrons. The third-order valence-corrected chi connectivity index (χ3v) is 2.43. The Labute approximate surface area is 116 Å². The van der Waals surface area contributed by atoms with E-state index in [0.29, 0.717) is 0 Å². The van der Waals surface area contributed by atoms with E-state index in [4.69, 9.17) is 16.5 Å². The molecule has 1 aromatic rings. The molecule has 0 aliphatic carbocycles. The molecule has 0 aromatic heterocycles. The summed E-state index contributed by atoms with van der Waals surface area (Å²) in [6.45, 7) is 0.156. The first-order valence-electron chi connectivity index (χ1n) is 5.56. The molecule has 0 heterocycles. The highest BCUT2D eigenvalue weighted by Crippen LogP contribution is 2.01. The van der Waals surface area contributed by atoms with Gasteiger partial charge >= 0.3 is 12.1 Å². The van der Waals surface area contributed by atoms with Gasteiger partial charge in [0, 0.05) is 6.54 Å². The summed E-state index contributed by atoms with van der Waals surface area (Å²) < 4.78 is 9.49. The van der Waals surface area contributed by atoms with E-state index in [1.807, 2.05) is 30.3 Å². The molecule has 0 radical (unpaired) electrons. The van der Waals surface area contributed by atoms with Crippen LogP contribution in [0.5, 0.6) is 0 Å². The largest absolute Gasteiger partial charge is 0.467 e. The van der Waals surface area contributed by atoms with E-state index in [-0.39, 0.29) is 13.2 Å². The Balaban J connectivity index is 2.42. The van der Waals surface area contributed by atoms with Crippen LogP contribution >= 0.6 is 11.8 Å². The topological polar surface area (TPSA) is 76.7 Å². The van der Waals surface area contributed by atoms with Crippen LogP contribution in [0.4, 0.5) is 4.79 Å². The predicted octanol–water partition coefficient (Wildman–Crippen LogP) is 1.20. The lowest BCUT2D eigenvalue weighted by Gasteiger charge is -2.15. The van der Waals surface area contributed by atoms with Crippen molar-refractivity contribution in [2.75, 3.05) is 13.7 Å². The Hall–Kier alpha value is -1.79. The van der Waals surface area contributed by atoms with Crippen LogP contribution in [0.15, 0.2) is 30.3 Å². The second-order valence-corrected chi connectivity index (χ2v) is 3.89. The summed E-state index contributed by atoms with van der Waals surface area (Å²) >= 11 is 5.30. The molecule has 0 unspecified atom stereocenters. The minimum Gasteiger partial charge on any atom is -0.467 e. The molecule has 6 nitrogen and oxygen atoms in total. The van der Waals surface area contributed by atoms with Gasteiger partial charge in [0.1, 0.15) is 12.6 Å². The van der Waals surface area contributed by atoms with E-state index < -0.39 is 18.1 Å². The van der Waals surface area contributed by atoms with Gasteiger partial charge < -0.3 is 14.8 Å². The standard InChI is InChI=1S/C12H15ClN2O4/c1-18-11(16)10(7-14-13)15-12(17)19-8-9-5-3-2-4-6-9/h2-6,10,14H,7-8H2,1H3,(H,15,17)/t10-/m0/s1. The maximum Gasteiger partial charge on any atom is 0.408 e. The Morgan fingerprint density at radius 2 is 2.00 bits per heavy atom. The third-order valence-electron chi connectivity index (χ3n) is 2.27. The SMILES string of the molecule is COC(=O)[C@H](CNCl)NC(=O)OCc1ccccc1. The fourth-order valence-corrected chi connectivity index (χ4v) is 1.47. The van der Waals surface area contributed by atoms with Gasteiger partial charge in [-0.15, -0.1) is 0 Å². The quantitative estimate of drug-likeness (QED) is 0.607. The molecule has 1 aromatic carbocycles. The van der Waals surface area contributed by atoms with E-state index in [1.165, 1.54) is 7.11 Å². The molecule has 0 spiro atoms. The van der Waals surface area contributed by atoms with Crippen LogP contribution in [-0.2, 0) is 20.9 Å². The van der Waals surface area contributed by atoms with Gasteiger partial charge in [-0.25, -0.2) is 14.4 Å². The molecule has 1 atom stereocenters. The van der Waals surface area contributed by atoms with Gasteiger partial charge in [0.25, 0.3) is 0 Å². The van der Waals surface area contributed by atoms with Gasteiger partial charge in [0.05, 0.1) is 7.11 Å². The van der Waals surface area contributed by atoms with E-state index in [1.54, 1.807) is 0 Å². The maximum absolute atomic E-state index is 11.5. The Morgan fingerprint density at radius 1 is 1.32 bits per heavy atom. The number of hydrogen-bond donors (Lipinski definition) is 2. The lowest BCUT2D eigenvalue weighted by molar-refractivity contribution is -0.142. The van der Waals surface area contributed by atoms with Crippen molar-refractivity contribution in [3.63, 3.8) is 0 Å². The minimum absolute atomic E-state index is 0.0364. The van der Waals surface area contributed by atoms with Crippen LogP contribution in [0.1, 0.15) is 5.56 Å². The number of alkyl carbamates (subject to hydrolysis) is 1. The first-order chi connectivity index (χ1) is 9.17. The number of carbonyl (C=O) groups is 2. The van der Waals surface area contributed by atoms with Gasteiger partial charge in [-0.05, 0) is 17.3 Å². The number of rotatable bonds is 6. The van der Waals surface area contributed by atoms with Crippen LogP contribution in [0.25, 0.3) is 0 Å². The smallest absolute Gasteiger partial charge is 0.408 e. The molecule has 1 rings (SSSR count). The first kappa shape index (κ1) is 15.3. The Bertz CT molecular complexity index is 413. The number of carbonyl (C=O) groups excluding carboxylic acids is 2. The highest BCUT2D eigenvalue weighted by Gasteiger charge is 2.21. The van der Waals surface area contributed by atoms with Crippen molar-refractivity contribution >= 4 is 23.8 Å². The van der Waals surface area contributed by atoms with Crippen LogP contribution in [-0.4, -0.2) is 31.8 Å². The molecule has 0 aliphatic rings. The number of hydrogen-bond acceptors (Lipinski definition) is 5. The lowest BCUT2D eigenvalue weighted by atomic mass is 10.2. The average molecular weight is 287 g/mol. The highest BCUT2D eigenvalue weighted by atomic mass is 35.5. The van der Waals surface area contributed by atoms with E-state index in [2.05, 4.69) is 14.9 Å². The number of amides is 1. The summed E-state index contributed by atoms with van der Waals surface area (Å²) in [4.78, 5) is 25.1. The average Bonchev–Trinajstić information content (AvgIpc) is 2.45. The number of ether oxygens (including phenoxy) is 2. The zero-order chi connectivity index (χ0) is 14.1. The second-order valence-electron chi connectivity index (χ2n) is 3.62. The molecule has 19 heavy (non-hydrogen) atoms. The van der Waals surface area contributed by atoms with Gasteiger partial charge in [-0.1, -0.05) is 30.3 Å². The van der Waals surface area contributed by atoms with Crippen LogP contribution in [0.2, 0.25) is 0 Å². The Morgan fingerprint density at radius 3 is 2.58 bits per heavy atom. The van der Waals surface area contributed by atoms with Crippen molar-refractivity contribution in [2.24, 2.45) is 0 Å². The first-order valence-corrected chi connectivity index (χ1v) is 5.93. The molecule has 0 bridgehead atoms. The zero-order valence-corrected chi connectivity index (χ0v) is 11.1. The lowest BCUT2D eigenvalue weighted by Crippen LogP contribution is -2.46. The molecule has 0 fully saturated rings. The van der Waals surface area contributed by atoms with E-state index in [0.717, 1.165) is 5.56 Å². The van der Waals surface area contributed by atoms with Gasteiger partial charge in [0.2, 0.25) is 0 Å². The summed E-state index contributed by atoms with van der Waals surface area (Å²) in [5, 5.41) is 2.36. The highest BCUT2D eigenvalue weighted by molar-refractivity contribution is 6.13. The molecule has 0 aliphatic heterocycles. The molecule has 7 heteroatoms. The molecule has 0 saturated carbocycles. The zero-order valence-electron chi connectivity index (χ0n) is 10.4. The second kappa shape index (κ2) is 8.34. The van der Waals surface area contributed by atoms with E-state index in [9.17, 15) is 9.59 Å². The number of nitrogens with one attached hydrogen (secondary N) is 2. The van der Waals surface area contributed by atoms with Crippen molar-refractivity contribution in [1.82, 2.24) is 10.2 Å². The summed E-state index contributed by atoms with van der Waals surface area (Å²) in [5.74, 6) is -0.607. The van der Waals surface area contributed by atoms with Crippen LogP contribution in [0.3, 0.4) is 0 Å². The summed E-state index contributed by atoms with van der Waals surface area (Å²) in [5.41, 5.74) is 0.850. The van der Waals surface area contributed by atoms with Gasteiger partial charge in [-0.2, -0.15) is 0 Å². The molecule has 2 N–H and O–H groups in total. The molecular weight excluding hydrogens is 272 g/mol. The number of halogens is 1. The number of methoxy groups -OCH3 is 1. The number of esters is 1. The van der Waals surface area contributed by atoms with Crippen LogP contribution in [0, 0.1) is 0 Å². The van der Waals surface area contributed by atoms with Gasteiger partial charge in [-0.3, -0.25) is 0 Å². The fraction of sp³-hybridized carbons (Fsp3) is 0.333. The van der Waals surface area contributed by atoms with Crippen LogP contribution < -0.4 is 10.2 Å². The van der Waals surface area contributed by atoms with Crippen molar-refractivity contribution in [3.05, 3.63) is 35.9 Å². The van der Waals surface area contributed by atoms with Gasteiger partial charge in [0.15, 0.2) is 0 Å².